The second-order valence-electron chi connectivity index (χ2n) is 1.58. The van der Waals surface area contributed by atoms with Gasteiger partial charge in [-0.2, -0.15) is 0 Å². The Morgan fingerprint density at radius 1 is 1.08 bits per heavy atom. The van der Waals surface area contributed by atoms with Crippen LogP contribution in [0.2, 0.25) is 0 Å². The van der Waals surface area contributed by atoms with Crippen molar-refractivity contribution in [1.29, 1.82) is 0 Å². The SMILES string of the molecule is CS(C)=S(=S)=S(=S)=S(=S)=[SH](=S)I. The maximum Gasteiger partial charge on any atom is 0.00145 e. The Morgan fingerprint density at radius 2 is 1.50 bits per heavy atom. The van der Waals surface area contributed by atoms with Crippen molar-refractivity contribution < 1.29 is 0 Å². The number of rotatable bonds is 0. The molecule has 0 saturated carbocycles. The van der Waals surface area contributed by atoms with Gasteiger partial charge in [-0.15, -0.1) is 9.45 Å². The van der Waals surface area contributed by atoms with E-state index < -0.39 is 5.18 Å². The summed E-state index contributed by atoms with van der Waals surface area (Å²) in [6.07, 6.45) is 4.27. The van der Waals surface area contributed by atoms with Gasteiger partial charge in [0.25, 0.3) is 0 Å². The van der Waals surface area contributed by atoms with Crippen LogP contribution in [0.4, 0.5) is 0 Å². The number of thiol groups is 1. The number of halogens is 1. The molecule has 12 heavy (non-hydrogen) atoms. The summed E-state index contributed by atoms with van der Waals surface area (Å²) in [7, 11) is 0.224. The van der Waals surface area contributed by atoms with Gasteiger partial charge < -0.3 is 0 Å². The van der Waals surface area contributed by atoms with Crippen molar-refractivity contribution in [3.63, 3.8) is 0 Å². The highest BCUT2D eigenvalue weighted by molar-refractivity contribution is 14.2. The van der Waals surface area contributed by atoms with Gasteiger partial charge >= 0.3 is 0 Å². The van der Waals surface area contributed by atoms with Crippen molar-refractivity contribution in [1.82, 2.24) is 0 Å². The Bertz CT molecular complexity index is 585. The third-order valence-corrected chi connectivity index (χ3v) is 40.9. The van der Waals surface area contributed by atoms with E-state index in [1.165, 1.54) is 0 Å². The molecule has 0 heterocycles. The molecule has 0 aromatic carbocycles. The molecule has 0 aromatic rings. The van der Waals surface area contributed by atoms with Crippen LogP contribution in [0.5, 0.6) is 0 Å². The van der Waals surface area contributed by atoms with Crippen LogP contribution >= 0.6 is 21.2 Å². The summed E-state index contributed by atoms with van der Waals surface area (Å²) >= 11 is 23.3. The Balaban J connectivity index is 7.23. The lowest BCUT2D eigenvalue weighted by Gasteiger charge is -1.79. The zero-order chi connectivity index (χ0) is 9.89. The van der Waals surface area contributed by atoms with Crippen molar-refractivity contribution in [2.24, 2.45) is 0 Å². The molecule has 0 radical (unpaired) electrons. The highest BCUT2D eigenvalue weighted by atomic mass is 127. The van der Waals surface area contributed by atoms with Gasteiger partial charge in [-0.3, -0.25) is 0 Å². The fourth-order valence-corrected chi connectivity index (χ4v) is 39.1. The van der Waals surface area contributed by atoms with Gasteiger partial charge in [0.05, 0.1) is 0 Å². The van der Waals surface area contributed by atoms with Gasteiger partial charge in [0.1, 0.15) is 0 Å². The summed E-state index contributed by atoms with van der Waals surface area (Å²) in [5.41, 5.74) is 0. The minimum atomic E-state index is -0.509. The molecule has 0 aliphatic rings. The molecule has 1 atom stereocenters. The molecule has 76 valence electrons. The van der Waals surface area contributed by atoms with Gasteiger partial charge in [0, 0.05) is 21.2 Å². The zero-order valence-corrected chi connectivity index (χ0v) is 15.7. The van der Waals surface area contributed by atoms with E-state index in [0.29, 0.717) is 0 Å². The topological polar surface area (TPSA) is 0 Å². The monoisotopic (exact) mass is 446 g/mol. The van der Waals surface area contributed by atoms with E-state index in [-0.39, 0.29) is 29.2 Å². The summed E-state index contributed by atoms with van der Waals surface area (Å²) in [6, 6.07) is 0. The lowest BCUT2D eigenvalue weighted by molar-refractivity contribution is 2.35. The molecule has 0 amide bonds. The molecule has 0 bridgehead atoms. The summed E-state index contributed by atoms with van der Waals surface area (Å²) < 4.78 is 0. The summed E-state index contributed by atoms with van der Waals surface area (Å²) in [5.74, 6) is 0. The van der Waals surface area contributed by atoms with Gasteiger partial charge in [-0.25, -0.2) is 0 Å². The average molecular weight is 447 g/mol. The molecule has 0 spiro atoms. The fraction of sp³-hybridized carbons (Fsp3) is 1.00. The van der Waals surface area contributed by atoms with Crippen molar-refractivity contribution in [3.05, 3.63) is 0 Å². The molecule has 0 aliphatic carbocycles. The van der Waals surface area contributed by atoms with Crippen molar-refractivity contribution in [2.75, 3.05) is 12.5 Å². The Morgan fingerprint density at radius 3 is 1.75 bits per heavy atom. The van der Waals surface area contributed by atoms with E-state index in [1.807, 2.05) is 0 Å². The van der Waals surface area contributed by atoms with E-state index in [4.69, 9.17) is 44.8 Å². The highest BCUT2D eigenvalue weighted by Crippen LogP contribution is 1.82. The van der Waals surface area contributed by atoms with Crippen molar-refractivity contribution in [3.8, 4) is 0 Å². The van der Waals surface area contributed by atoms with Crippen LogP contribution in [0, 0.1) is 0 Å². The van der Waals surface area contributed by atoms with Gasteiger partial charge in [-0.1, -0.05) is 0 Å². The fourth-order valence-electron chi connectivity index (χ4n) is 0.206. The van der Waals surface area contributed by atoms with E-state index >= 15 is 0 Å². The summed E-state index contributed by atoms with van der Waals surface area (Å²) in [6.45, 7) is -0.542. The van der Waals surface area contributed by atoms with Crippen LogP contribution in [-0.2, 0) is 79.1 Å². The van der Waals surface area contributed by atoms with Crippen LogP contribution in [-0.4, -0.2) is 12.5 Å². The first kappa shape index (κ1) is 15.0. The lowest BCUT2D eigenvalue weighted by Crippen LogP contribution is -1.77. The first-order chi connectivity index (χ1) is 5.37. The van der Waals surface area contributed by atoms with Gasteiger partial charge in [-0.05, 0) is 82.2 Å². The maximum absolute atomic E-state index is 5.33. The predicted molar refractivity (Wildman–Crippen MR) is 93.5 cm³/mol. The lowest BCUT2D eigenvalue weighted by atomic mass is 11.9. The standard InChI is InChI=1S/C2H7IS9/c1-8(2)10(5)12(7)11(6)9(3)4/h9H,1-2H3. The normalized spacial score (nSPS) is 12.7. The molecular formula is C2H7IS9. The zero-order valence-electron chi connectivity index (χ0n) is 6.09. The van der Waals surface area contributed by atoms with E-state index in [2.05, 4.69) is 33.7 Å². The quantitative estimate of drug-likeness (QED) is 0.334. The predicted octanol–water partition coefficient (Wildman–Crippen LogP) is 0.927. The third kappa shape index (κ3) is 5.16. The molecule has 0 N–H and O–H groups in total. The Labute approximate surface area is 111 Å². The highest BCUT2D eigenvalue weighted by Gasteiger charge is 1.69. The minimum Gasteiger partial charge on any atom is -0.127 e. The van der Waals surface area contributed by atoms with Gasteiger partial charge in [0.2, 0.25) is 0 Å². The van der Waals surface area contributed by atoms with Crippen molar-refractivity contribution >= 4 is 100 Å². The van der Waals surface area contributed by atoms with Crippen LogP contribution in [0.15, 0.2) is 0 Å². The maximum atomic E-state index is 5.33. The van der Waals surface area contributed by atoms with E-state index in [9.17, 15) is 0 Å². The second-order valence-corrected chi connectivity index (χ2v) is 31.5. The molecule has 0 aliphatic heterocycles. The van der Waals surface area contributed by atoms with Crippen LogP contribution in [0.3, 0.4) is 0 Å². The van der Waals surface area contributed by atoms with Crippen LogP contribution in [0.1, 0.15) is 0 Å². The Hall–Kier alpha value is 2.97. The molecule has 0 aromatic heterocycles. The summed E-state index contributed by atoms with van der Waals surface area (Å²) in [4.78, 5) is 0. The second kappa shape index (κ2) is 7.28. The largest absolute Gasteiger partial charge is 0.127 e. The molecular weight excluding hydrogens is 440 g/mol. The minimum absolute atomic E-state index is 0.111. The van der Waals surface area contributed by atoms with E-state index in [1.54, 1.807) is 0 Å². The molecule has 0 nitrogen and oxygen atoms in total. The third-order valence-electron chi connectivity index (χ3n) is 0.617. The van der Waals surface area contributed by atoms with Crippen LogP contribution < -0.4 is 0 Å². The molecule has 0 rings (SSSR count). The molecule has 0 fully saturated rings. The number of hydrogen-bond donors (Lipinski definition) is 1. The molecule has 10 heteroatoms. The smallest absolute Gasteiger partial charge is 0.00145 e. The van der Waals surface area contributed by atoms with E-state index in [0.717, 1.165) is 0 Å². The van der Waals surface area contributed by atoms with Crippen molar-refractivity contribution in [2.45, 2.75) is 0 Å². The molecule has 1 unspecified atom stereocenters. The van der Waals surface area contributed by atoms with Crippen LogP contribution in [0.25, 0.3) is 0 Å². The average Bonchev–Trinajstić information content (AvgIpc) is 2.00. The first-order valence-electron chi connectivity index (χ1n) is 2.35. The summed E-state index contributed by atoms with van der Waals surface area (Å²) in [5, 5.41) is -0.509. The molecule has 0 saturated heterocycles. The number of hydrogen-bond acceptors (Lipinski definition) is 4. The Kier molecular flexibility index (Phi) is 9.08. The first-order valence-corrected chi connectivity index (χ1v) is 18.1. The van der Waals surface area contributed by atoms with Gasteiger partial charge in [0.15, 0.2) is 0 Å².